The van der Waals surface area contributed by atoms with E-state index in [9.17, 15) is 9.59 Å². The van der Waals surface area contributed by atoms with Gasteiger partial charge in [-0.2, -0.15) is 11.8 Å². The van der Waals surface area contributed by atoms with E-state index in [-0.39, 0.29) is 24.2 Å². The summed E-state index contributed by atoms with van der Waals surface area (Å²) in [5, 5.41) is 18.7. The van der Waals surface area contributed by atoms with Gasteiger partial charge in [-0.1, -0.05) is 5.21 Å². The van der Waals surface area contributed by atoms with Crippen molar-refractivity contribution in [2.24, 2.45) is 0 Å². The number of carboxylic acids is 1. The third-order valence-corrected chi connectivity index (χ3v) is 3.78. The van der Waals surface area contributed by atoms with Crippen molar-refractivity contribution < 1.29 is 14.7 Å². The van der Waals surface area contributed by atoms with E-state index in [1.54, 1.807) is 0 Å². The van der Waals surface area contributed by atoms with Crippen molar-refractivity contribution in [3.63, 3.8) is 0 Å². The summed E-state index contributed by atoms with van der Waals surface area (Å²) in [4.78, 5) is 22.3. The molecule has 0 saturated carbocycles. The molecule has 0 bridgehead atoms. The van der Waals surface area contributed by atoms with Crippen molar-refractivity contribution in [3.8, 4) is 0 Å². The van der Waals surface area contributed by atoms with Crippen LogP contribution in [0.25, 0.3) is 0 Å². The number of carboxylic acid groups (broad SMARTS) is 1. The molecule has 1 aromatic heterocycles. The number of rotatable bonds is 4. The van der Waals surface area contributed by atoms with Crippen molar-refractivity contribution in [2.45, 2.75) is 25.4 Å². The molecule has 1 aliphatic rings. The summed E-state index contributed by atoms with van der Waals surface area (Å²) in [7, 11) is 0. The smallest absolute Gasteiger partial charge is 0.325 e. The van der Waals surface area contributed by atoms with Gasteiger partial charge in [-0.3, -0.25) is 9.59 Å². The predicted molar refractivity (Wildman–Crippen MR) is 65.5 cm³/mol. The molecule has 1 aliphatic heterocycles. The highest BCUT2D eigenvalue weighted by Gasteiger charge is 2.19. The highest BCUT2D eigenvalue weighted by Crippen LogP contribution is 2.17. The summed E-state index contributed by atoms with van der Waals surface area (Å²) in [5.74, 6) is 0.741. The number of carbonyl (C=O) groups excluding carboxylic acids is 1. The average Bonchev–Trinajstić information content (AvgIpc) is 2.78. The van der Waals surface area contributed by atoms with E-state index >= 15 is 0 Å². The third kappa shape index (κ3) is 3.46. The zero-order chi connectivity index (χ0) is 13.0. The van der Waals surface area contributed by atoms with E-state index < -0.39 is 5.97 Å². The SMILES string of the molecule is O=C(O)Cn1cc(C(=O)NC2CCCSC2)nn1. The molecule has 2 N–H and O–H groups in total. The van der Waals surface area contributed by atoms with Crippen molar-refractivity contribution >= 4 is 23.6 Å². The highest BCUT2D eigenvalue weighted by atomic mass is 32.2. The van der Waals surface area contributed by atoms with Gasteiger partial charge in [0.25, 0.3) is 5.91 Å². The summed E-state index contributed by atoms with van der Waals surface area (Å²) >= 11 is 1.82. The van der Waals surface area contributed by atoms with Crippen molar-refractivity contribution in [3.05, 3.63) is 11.9 Å². The topological polar surface area (TPSA) is 97.1 Å². The second kappa shape index (κ2) is 5.85. The van der Waals surface area contributed by atoms with Crippen LogP contribution in [0.2, 0.25) is 0 Å². The lowest BCUT2D eigenvalue weighted by Gasteiger charge is -2.21. The molecule has 0 spiro atoms. The lowest BCUT2D eigenvalue weighted by atomic mass is 10.2. The fourth-order valence-corrected chi connectivity index (χ4v) is 2.80. The summed E-state index contributed by atoms with van der Waals surface area (Å²) in [5.41, 5.74) is 0.159. The van der Waals surface area contributed by atoms with Crippen molar-refractivity contribution in [2.75, 3.05) is 11.5 Å². The second-order valence-electron chi connectivity index (χ2n) is 4.08. The minimum Gasteiger partial charge on any atom is -0.480 e. The molecule has 2 rings (SSSR count). The van der Waals surface area contributed by atoms with Gasteiger partial charge >= 0.3 is 5.97 Å². The lowest BCUT2D eigenvalue weighted by Crippen LogP contribution is -2.38. The number of aromatic nitrogens is 3. The first-order valence-corrected chi connectivity index (χ1v) is 6.81. The maximum absolute atomic E-state index is 11.8. The third-order valence-electron chi connectivity index (χ3n) is 2.56. The minimum atomic E-state index is -1.02. The van der Waals surface area contributed by atoms with Gasteiger partial charge in [0.1, 0.15) is 6.54 Å². The van der Waals surface area contributed by atoms with E-state index in [2.05, 4.69) is 15.6 Å². The number of aliphatic carboxylic acids is 1. The normalized spacial score (nSPS) is 19.4. The Kier molecular flexibility index (Phi) is 4.19. The van der Waals surface area contributed by atoms with Gasteiger partial charge in [0, 0.05) is 11.8 Å². The Morgan fingerprint density at radius 1 is 1.61 bits per heavy atom. The summed E-state index contributed by atoms with van der Waals surface area (Å²) < 4.78 is 1.13. The Bertz CT molecular complexity index is 442. The summed E-state index contributed by atoms with van der Waals surface area (Å²) in [6.07, 6.45) is 3.42. The summed E-state index contributed by atoms with van der Waals surface area (Å²) in [6.45, 7) is -0.292. The van der Waals surface area contributed by atoms with Gasteiger partial charge < -0.3 is 10.4 Å². The van der Waals surface area contributed by atoms with E-state index in [4.69, 9.17) is 5.11 Å². The number of nitrogens with one attached hydrogen (secondary N) is 1. The summed E-state index contributed by atoms with van der Waals surface area (Å²) in [6, 6.07) is 0.167. The fourth-order valence-electron chi connectivity index (χ4n) is 1.73. The van der Waals surface area contributed by atoms with Crippen molar-refractivity contribution in [1.82, 2.24) is 20.3 Å². The maximum atomic E-state index is 11.8. The van der Waals surface area contributed by atoms with Crippen LogP contribution >= 0.6 is 11.8 Å². The number of amides is 1. The van der Waals surface area contributed by atoms with E-state index in [1.165, 1.54) is 6.20 Å². The van der Waals surface area contributed by atoms with E-state index in [0.717, 1.165) is 29.0 Å². The van der Waals surface area contributed by atoms with Crippen LogP contribution in [0.1, 0.15) is 23.3 Å². The number of nitrogens with zero attached hydrogens (tertiary/aromatic N) is 3. The molecule has 0 radical (unpaired) electrons. The number of hydrogen-bond donors (Lipinski definition) is 2. The lowest BCUT2D eigenvalue weighted by molar-refractivity contribution is -0.137. The van der Waals surface area contributed by atoms with Gasteiger partial charge in [-0.05, 0) is 18.6 Å². The standard InChI is InChI=1S/C10H14N4O3S/c15-9(16)5-14-4-8(12-13-14)10(17)11-7-2-1-3-18-6-7/h4,7H,1-3,5-6H2,(H,11,17)(H,15,16). The maximum Gasteiger partial charge on any atom is 0.325 e. The monoisotopic (exact) mass is 270 g/mol. The molecule has 8 heteroatoms. The molecule has 2 heterocycles. The largest absolute Gasteiger partial charge is 0.480 e. The van der Waals surface area contributed by atoms with E-state index in [1.807, 2.05) is 11.8 Å². The van der Waals surface area contributed by atoms with Gasteiger partial charge in [-0.25, -0.2) is 4.68 Å². The molecule has 18 heavy (non-hydrogen) atoms. The van der Waals surface area contributed by atoms with E-state index in [0.29, 0.717) is 0 Å². The molecule has 1 saturated heterocycles. The van der Waals surface area contributed by atoms with Crippen LogP contribution in [-0.4, -0.2) is 49.5 Å². The quantitative estimate of drug-likeness (QED) is 0.798. The van der Waals surface area contributed by atoms with Gasteiger partial charge in [0.05, 0.1) is 6.20 Å². The average molecular weight is 270 g/mol. The van der Waals surface area contributed by atoms with Gasteiger partial charge in [-0.15, -0.1) is 5.10 Å². The Labute approximate surface area is 108 Å². The fraction of sp³-hybridized carbons (Fsp3) is 0.600. The number of carbonyl (C=O) groups is 2. The molecular weight excluding hydrogens is 256 g/mol. The highest BCUT2D eigenvalue weighted by molar-refractivity contribution is 7.99. The Morgan fingerprint density at radius 3 is 3.11 bits per heavy atom. The van der Waals surface area contributed by atoms with Crippen LogP contribution in [0, 0.1) is 0 Å². The Hall–Kier alpha value is -1.57. The molecule has 1 atom stereocenters. The van der Waals surface area contributed by atoms with Gasteiger partial charge in [0.2, 0.25) is 0 Å². The van der Waals surface area contributed by atoms with Crippen LogP contribution in [0.4, 0.5) is 0 Å². The first-order chi connectivity index (χ1) is 8.65. The van der Waals surface area contributed by atoms with Crippen LogP contribution < -0.4 is 5.32 Å². The molecule has 98 valence electrons. The zero-order valence-corrected chi connectivity index (χ0v) is 10.5. The first kappa shape index (κ1) is 12.9. The predicted octanol–water partition coefficient (Wildman–Crippen LogP) is -0.0119. The molecule has 7 nitrogen and oxygen atoms in total. The van der Waals surface area contributed by atoms with Crippen LogP contribution in [0.15, 0.2) is 6.20 Å². The van der Waals surface area contributed by atoms with Crippen LogP contribution in [0.5, 0.6) is 0 Å². The van der Waals surface area contributed by atoms with Crippen LogP contribution in [-0.2, 0) is 11.3 Å². The molecule has 1 aromatic rings. The minimum absolute atomic E-state index is 0.159. The molecule has 1 unspecified atom stereocenters. The zero-order valence-electron chi connectivity index (χ0n) is 9.70. The Morgan fingerprint density at radius 2 is 2.44 bits per heavy atom. The molecular formula is C10H14N4O3S. The van der Waals surface area contributed by atoms with Gasteiger partial charge in [0.15, 0.2) is 5.69 Å². The molecule has 0 aromatic carbocycles. The molecule has 1 amide bonds. The second-order valence-corrected chi connectivity index (χ2v) is 5.23. The molecule has 0 aliphatic carbocycles. The Balaban J connectivity index is 1.91. The first-order valence-electron chi connectivity index (χ1n) is 5.65. The molecule has 1 fully saturated rings. The van der Waals surface area contributed by atoms with Crippen molar-refractivity contribution in [1.29, 1.82) is 0 Å². The number of thioether (sulfide) groups is 1. The van der Waals surface area contributed by atoms with Crippen LogP contribution in [0.3, 0.4) is 0 Å². The number of hydrogen-bond acceptors (Lipinski definition) is 5.